The highest BCUT2D eigenvalue weighted by Gasteiger charge is 2.30. The number of ether oxygens (including phenoxy) is 1. The molecule has 0 bridgehead atoms. The van der Waals surface area contributed by atoms with Crippen LogP contribution in [0.15, 0.2) is 53.4 Å². The number of piperazine rings is 1. The van der Waals surface area contributed by atoms with Gasteiger partial charge in [-0.25, -0.2) is 8.42 Å². The Labute approximate surface area is 178 Å². The highest BCUT2D eigenvalue weighted by molar-refractivity contribution is 7.89. The van der Waals surface area contributed by atoms with Crippen molar-refractivity contribution in [3.05, 3.63) is 65.2 Å². The number of aryl methyl sites for hydroxylation is 2. The van der Waals surface area contributed by atoms with Crippen LogP contribution >= 0.6 is 0 Å². The van der Waals surface area contributed by atoms with Gasteiger partial charge < -0.3 is 9.64 Å². The number of benzene rings is 2. The average molecular weight is 429 g/mol. The first-order valence-corrected chi connectivity index (χ1v) is 11.5. The van der Waals surface area contributed by atoms with Gasteiger partial charge in [0.1, 0.15) is 5.75 Å². The molecule has 6 nitrogen and oxygen atoms in total. The van der Waals surface area contributed by atoms with Gasteiger partial charge in [0.2, 0.25) is 15.9 Å². The fourth-order valence-corrected chi connectivity index (χ4v) is 5.12. The maximum absolute atomic E-state index is 13.0. The van der Waals surface area contributed by atoms with E-state index < -0.39 is 10.0 Å². The van der Waals surface area contributed by atoms with Crippen LogP contribution in [0.4, 0.5) is 0 Å². The Morgan fingerprint density at radius 1 is 1.03 bits per heavy atom. The number of sulfonamides is 1. The van der Waals surface area contributed by atoms with Gasteiger partial charge in [0, 0.05) is 32.3 Å². The third kappa shape index (κ3) is 5.09. The van der Waals surface area contributed by atoms with Gasteiger partial charge in [0.25, 0.3) is 0 Å². The van der Waals surface area contributed by atoms with Crippen molar-refractivity contribution in [2.24, 2.45) is 0 Å². The smallest absolute Gasteiger partial charge is 0.246 e. The van der Waals surface area contributed by atoms with E-state index >= 15 is 0 Å². The topological polar surface area (TPSA) is 66.9 Å². The first-order chi connectivity index (χ1) is 14.3. The number of nitrogens with zero attached hydrogens (tertiary/aromatic N) is 2. The third-order valence-electron chi connectivity index (χ3n) is 5.11. The van der Waals surface area contributed by atoms with Crippen molar-refractivity contribution in [1.29, 1.82) is 0 Å². The summed E-state index contributed by atoms with van der Waals surface area (Å²) in [6.07, 6.45) is 3.29. The SMILES string of the molecule is CCOc1ccc(/C=C/C(=O)N2CCN(S(=O)(=O)c3ccc(C)cc3C)CC2)cc1. The van der Waals surface area contributed by atoms with Crippen molar-refractivity contribution in [3.63, 3.8) is 0 Å². The molecule has 1 saturated heterocycles. The highest BCUT2D eigenvalue weighted by atomic mass is 32.2. The lowest BCUT2D eigenvalue weighted by molar-refractivity contribution is -0.127. The van der Waals surface area contributed by atoms with E-state index in [0.29, 0.717) is 24.6 Å². The molecule has 2 aromatic carbocycles. The number of carbonyl (C=O) groups is 1. The average Bonchev–Trinajstić information content (AvgIpc) is 2.73. The summed E-state index contributed by atoms with van der Waals surface area (Å²) in [5, 5.41) is 0. The second kappa shape index (κ2) is 9.45. The molecule has 1 aliphatic heterocycles. The summed E-state index contributed by atoms with van der Waals surface area (Å²) < 4.78 is 32.8. The van der Waals surface area contributed by atoms with E-state index in [9.17, 15) is 13.2 Å². The molecule has 160 valence electrons. The van der Waals surface area contributed by atoms with Crippen LogP contribution in [0.2, 0.25) is 0 Å². The number of hydrogen-bond acceptors (Lipinski definition) is 4. The fraction of sp³-hybridized carbons (Fsp3) is 0.348. The van der Waals surface area contributed by atoms with E-state index in [2.05, 4.69) is 0 Å². The molecule has 0 aromatic heterocycles. The number of carbonyl (C=O) groups excluding carboxylic acids is 1. The van der Waals surface area contributed by atoms with Crippen molar-refractivity contribution in [1.82, 2.24) is 9.21 Å². The Hall–Kier alpha value is -2.64. The van der Waals surface area contributed by atoms with Crippen molar-refractivity contribution >= 4 is 22.0 Å². The summed E-state index contributed by atoms with van der Waals surface area (Å²) in [4.78, 5) is 14.5. The molecule has 3 rings (SSSR count). The van der Waals surface area contributed by atoms with Crippen molar-refractivity contribution in [2.45, 2.75) is 25.7 Å². The summed E-state index contributed by atoms with van der Waals surface area (Å²) in [6.45, 7) is 7.61. The maximum atomic E-state index is 13.0. The van der Waals surface area contributed by atoms with Gasteiger partial charge >= 0.3 is 0 Å². The van der Waals surface area contributed by atoms with Gasteiger partial charge in [0.15, 0.2) is 0 Å². The predicted octanol–water partition coefficient (Wildman–Crippen LogP) is 3.25. The zero-order valence-electron chi connectivity index (χ0n) is 17.7. The van der Waals surface area contributed by atoms with E-state index in [1.54, 1.807) is 17.0 Å². The van der Waals surface area contributed by atoms with Crippen LogP contribution < -0.4 is 4.74 Å². The molecule has 2 aromatic rings. The Morgan fingerprint density at radius 2 is 1.70 bits per heavy atom. The van der Waals surface area contributed by atoms with Crippen LogP contribution in [-0.2, 0) is 14.8 Å². The molecule has 0 aliphatic carbocycles. The molecule has 1 aliphatic rings. The van der Waals surface area contributed by atoms with Gasteiger partial charge in [-0.05, 0) is 56.2 Å². The second-order valence-electron chi connectivity index (χ2n) is 7.33. The Balaban J connectivity index is 1.59. The Morgan fingerprint density at radius 3 is 2.30 bits per heavy atom. The molecule has 7 heteroatoms. The van der Waals surface area contributed by atoms with Gasteiger partial charge in [-0.15, -0.1) is 0 Å². The molecule has 0 saturated carbocycles. The normalized spacial score (nSPS) is 15.5. The largest absolute Gasteiger partial charge is 0.494 e. The maximum Gasteiger partial charge on any atom is 0.246 e. The van der Waals surface area contributed by atoms with E-state index in [-0.39, 0.29) is 19.0 Å². The van der Waals surface area contributed by atoms with Crippen LogP contribution in [-0.4, -0.2) is 56.3 Å². The van der Waals surface area contributed by atoms with Crippen LogP contribution in [0.25, 0.3) is 6.08 Å². The molecule has 30 heavy (non-hydrogen) atoms. The molecule has 0 spiro atoms. The summed E-state index contributed by atoms with van der Waals surface area (Å²) in [5.74, 6) is 0.676. The van der Waals surface area contributed by atoms with Crippen LogP contribution in [0, 0.1) is 13.8 Å². The van der Waals surface area contributed by atoms with E-state index in [1.165, 1.54) is 10.4 Å². The monoisotopic (exact) mass is 428 g/mol. The molecule has 0 radical (unpaired) electrons. The Bertz CT molecular complexity index is 1020. The predicted molar refractivity (Wildman–Crippen MR) is 118 cm³/mol. The number of amides is 1. The lowest BCUT2D eigenvalue weighted by atomic mass is 10.2. The Kier molecular flexibility index (Phi) is 6.95. The second-order valence-corrected chi connectivity index (χ2v) is 9.24. The van der Waals surface area contributed by atoms with E-state index in [4.69, 9.17) is 4.74 Å². The van der Waals surface area contributed by atoms with Crippen molar-refractivity contribution in [3.8, 4) is 5.75 Å². The van der Waals surface area contributed by atoms with Crippen LogP contribution in [0.5, 0.6) is 5.75 Å². The third-order valence-corrected chi connectivity index (χ3v) is 7.17. The summed E-state index contributed by atoms with van der Waals surface area (Å²) in [7, 11) is -3.56. The number of hydrogen-bond donors (Lipinski definition) is 0. The zero-order chi connectivity index (χ0) is 21.7. The van der Waals surface area contributed by atoms with E-state index in [0.717, 1.165) is 22.4 Å². The van der Waals surface area contributed by atoms with Gasteiger partial charge in [-0.2, -0.15) is 4.31 Å². The highest BCUT2D eigenvalue weighted by Crippen LogP contribution is 2.22. The molecule has 0 unspecified atom stereocenters. The quantitative estimate of drug-likeness (QED) is 0.663. The summed E-state index contributed by atoms with van der Waals surface area (Å²) in [6, 6.07) is 12.9. The van der Waals surface area contributed by atoms with Crippen LogP contribution in [0.1, 0.15) is 23.6 Å². The zero-order valence-corrected chi connectivity index (χ0v) is 18.5. The molecule has 0 N–H and O–H groups in total. The minimum atomic E-state index is -3.56. The van der Waals surface area contributed by atoms with Crippen LogP contribution in [0.3, 0.4) is 0 Å². The lowest BCUT2D eigenvalue weighted by Gasteiger charge is -2.33. The van der Waals surface area contributed by atoms with Gasteiger partial charge in [-0.3, -0.25) is 4.79 Å². The molecule has 0 atom stereocenters. The minimum Gasteiger partial charge on any atom is -0.494 e. The molecule has 1 fully saturated rings. The van der Waals surface area contributed by atoms with Crippen molar-refractivity contribution < 1.29 is 17.9 Å². The van der Waals surface area contributed by atoms with Gasteiger partial charge in [-0.1, -0.05) is 29.8 Å². The number of rotatable bonds is 6. The van der Waals surface area contributed by atoms with E-state index in [1.807, 2.05) is 57.2 Å². The summed E-state index contributed by atoms with van der Waals surface area (Å²) in [5.41, 5.74) is 2.68. The standard InChI is InChI=1S/C23H28N2O4S/c1-4-29-21-9-6-20(7-10-21)8-12-23(26)24-13-15-25(16-14-24)30(27,28)22-11-5-18(2)17-19(22)3/h5-12,17H,4,13-16H2,1-3H3/b12-8+. The molecular weight excluding hydrogens is 400 g/mol. The van der Waals surface area contributed by atoms with Gasteiger partial charge in [0.05, 0.1) is 11.5 Å². The molecule has 1 amide bonds. The molecular formula is C23H28N2O4S. The fourth-order valence-electron chi connectivity index (χ4n) is 3.49. The molecule has 1 heterocycles. The summed E-state index contributed by atoms with van der Waals surface area (Å²) >= 11 is 0. The minimum absolute atomic E-state index is 0.118. The first kappa shape index (κ1) is 22.1. The first-order valence-electron chi connectivity index (χ1n) is 10.1. The lowest BCUT2D eigenvalue weighted by Crippen LogP contribution is -2.50. The van der Waals surface area contributed by atoms with Crippen molar-refractivity contribution in [2.75, 3.05) is 32.8 Å².